The van der Waals surface area contributed by atoms with Gasteiger partial charge in [-0.2, -0.15) is 0 Å². The Balaban J connectivity index is 2.11. The Morgan fingerprint density at radius 2 is 1.86 bits per heavy atom. The number of likely N-dealkylation sites (N-methyl/N-ethyl adjacent to an activating group) is 2. The van der Waals surface area contributed by atoms with Crippen molar-refractivity contribution in [2.45, 2.75) is 65.5 Å². The predicted molar refractivity (Wildman–Crippen MR) is 91.8 cm³/mol. The summed E-state index contributed by atoms with van der Waals surface area (Å²) in [6.07, 6.45) is 5.60. The number of nitrogens with one attached hydrogen (secondary N) is 1. The molecule has 0 aromatic heterocycles. The summed E-state index contributed by atoms with van der Waals surface area (Å²) in [5, 5.41) is 3.69. The minimum atomic E-state index is 0.454. The summed E-state index contributed by atoms with van der Waals surface area (Å²) in [6, 6.07) is 8.20. The molecule has 1 aromatic carbocycles. The number of nitrogens with zero attached hydrogens (tertiary/aromatic N) is 1. The van der Waals surface area contributed by atoms with Crippen LogP contribution in [0.4, 0.5) is 0 Å². The highest BCUT2D eigenvalue weighted by molar-refractivity contribution is 5.32. The number of hydrogen-bond donors (Lipinski definition) is 1. The minimum Gasteiger partial charge on any atom is -0.309 e. The first-order chi connectivity index (χ1) is 10.2. The Hall–Kier alpha value is -0.860. The molecule has 1 saturated carbocycles. The van der Waals surface area contributed by atoms with Gasteiger partial charge in [-0.3, -0.25) is 4.90 Å². The summed E-state index contributed by atoms with van der Waals surface area (Å²) >= 11 is 0. The van der Waals surface area contributed by atoms with Gasteiger partial charge in [0.1, 0.15) is 0 Å². The van der Waals surface area contributed by atoms with Crippen molar-refractivity contribution < 1.29 is 0 Å². The summed E-state index contributed by atoms with van der Waals surface area (Å²) in [7, 11) is 0. The average Bonchev–Trinajstić information content (AvgIpc) is 3.00. The van der Waals surface area contributed by atoms with Gasteiger partial charge in [-0.05, 0) is 56.5 Å². The van der Waals surface area contributed by atoms with Crippen LogP contribution in [0.5, 0.6) is 0 Å². The summed E-state index contributed by atoms with van der Waals surface area (Å²) in [4.78, 5) is 2.69. The third-order valence-electron chi connectivity index (χ3n) is 5.05. The van der Waals surface area contributed by atoms with Crippen LogP contribution in [0.1, 0.15) is 62.3 Å². The maximum atomic E-state index is 3.69. The highest BCUT2D eigenvalue weighted by atomic mass is 15.2. The van der Waals surface area contributed by atoms with Gasteiger partial charge in [-0.25, -0.2) is 0 Å². The molecule has 118 valence electrons. The molecule has 0 amide bonds. The number of rotatable bonds is 7. The van der Waals surface area contributed by atoms with E-state index in [2.05, 4.69) is 56.1 Å². The van der Waals surface area contributed by atoms with E-state index in [1.54, 1.807) is 0 Å². The summed E-state index contributed by atoms with van der Waals surface area (Å²) in [5.74, 6) is 0. The Morgan fingerprint density at radius 3 is 2.43 bits per heavy atom. The predicted octanol–water partition coefficient (Wildman–Crippen LogP) is 4.22. The zero-order chi connectivity index (χ0) is 15.2. The molecule has 1 unspecified atom stereocenters. The topological polar surface area (TPSA) is 15.3 Å². The smallest absolute Gasteiger partial charge is 0.0449 e. The van der Waals surface area contributed by atoms with Crippen LogP contribution in [-0.2, 0) is 0 Å². The van der Waals surface area contributed by atoms with Crippen molar-refractivity contribution in [1.82, 2.24) is 10.2 Å². The molecule has 0 heterocycles. The number of aryl methyl sites for hydroxylation is 2. The fourth-order valence-corrected chi connectivity index (χ4v) is 3.56. The summed E-state index contributed by atoms with van der Waals surface area (Å²) in [6.45, 7) is 12.3. The lowest BCUT2D eigenvalue weighted by molar-refractivity contribution is 0.187. The van der Waals surface area contributed by atoms with Crippen LogP contribution in [0, 0.1) is 13.8 Å². The first-order valence-electron chi connectivity index (χ1n) is 8.70. The molecule has 2 rings (SSSR count). The van der Waals surface area contributed by atoms with E-state index in [1.807, 2.05) is 0 Å². The van der Waals surface area contributed by atoms with Gasteiger partial charge in [0.25, 0.3) is 0 Å². The largest absolute Gasteiger partial charge is 0.309 e. The molecule has 2 heteroatoms. The lowest BCUT2D eigenvalue weighted by Crippen LogP contribution is -2.40. The van der Waals surface area contributed by atoms with E-state index in [1.165, 1.54) is 42.4 Å². The fourth-order valence-electron chi connectivity index (χ4n) is 3.56. The second kappa shape index (κ2) is 7.95. The van der Waals surface area contributed by atoms with E-state index < -0.39 is 0 Å². The third-order valence-corrected chi connectivity index (χ3v) is 5.05. The minimum absolute atomic E-state index is 0.454. The quantitative estimate of drug-likeness (QED) is 0.808. The molecule has 0 bridgehead atoms. The lowest BCUT2D eigenvalue weighted by atomic mass is 10.00. The van der Waals surface area contributed by atoms with Crippen LogP contribution in [-0.4, -0.2) is 30.6 Å². The first kappa shape index (κ1) is 16.5. The van der Waals surface area contributed by atoms with Gasteiger partial charge in [0, 0.05) is 18.6 Å². The standard InChI is InChI=1S/C19H32N2/c1-5-20-19(17-12-11-15(3)16(4)13-17)14-21(6-2)18-9-7-8-10-18/h11-13,18-20H,5-10,14H2,1-4H3. The van der Waals surface area contributed by atoms with Crippen molar-refractivity contribution in [1.29, 1.82) is 0 Å². The summed E-state index contributed by atoms with van der Waals surface area (Å²) < 4.78 is 0. The lowest BCUT2D eigenvalue weighted by Gasteiger charge is -2.32. The van der Waals surface area contributed by atoms with Crippen LogP contribution in [0.3, 0.4) is 0 Å². The van der Waals surface area contributed by atoms with Gasteiger partial charge in [-0.1, -0.05) is 44.9 Å². The van der Waals surface area contributed by atoms with Crippen molar-refractivity contribution in [2.24, 2.45) is 0 Å². The van der Waals surface area contributed by atoms with Crippen molar-refractivity contribution >= 4 is 0 Å². The van der Waals surface area contributed by atoms with Gasteiger partial charge in [0.2, 0.25) is 0 Å². The second-order valence-electron chi connectivity index (χ2n) is 6.48. The molecule has 1 aromatic rings. The van der Waals surface area contributed by atoms with Gasteiger partial charge in [0.05, 0.1) is 0 Å². The van der Waals surface area contributed by atoms with Crippen LogP contribution in [0.15, 0.2) is 18.2 Å². The highest BCUT2D eigenvalue weighted by Gasteiger charge is 2.24. The maximum Gasteiger partial charge on any atom is 0.0449 e. The molecular formula is C19H32N2. The normalized spacial score (nSPS) is 17.6. The number of benzene rings is 1. The van der Waals surface area contributed by atoms with Crippen LogP contribution in [0.2, 0.25) is 0 Å². The second-order valence-corrected chi connectivity index (χ2v) is 6.48. The molecule has 21 heavy (non-hydrogen) atoms. The molecule has 0 saturated heterocycles. The monoisotopic (exact) mass is 288 g/mol. The molecule has 1 aliphatic carbocycles. The van der Waals surface area contributed by atoms with E-state index in [9.17, 15) is 0 Å². The average molecular weight is 288 g/mol. The van der Waals surface area contributed by atoms with Crippen LogP contribution < -0.4 is 5.32 Å². The zero-order valence-corrected chi connectivity index (χ0v) is 14.3. The van der Waals surface area contributed by atoms with Crippen LogP contribution >= 0.6 is 0 Å². The van der Waals surface area contributed by atoms with E-state index in [0.29, 0.717) is 6.04 Å². The Labute approximate surface area is 130 Å². The molecule has 1 atom stereocenters. The van der Waals surface area contributed by atoms with Gasteiger partial charge in [-0.15, -0.1) is 0 Å². The van der Waals surface area contributed by atoms with Crippen LogP contribution in [0.25, 0.3) is 0 Å². The Morgan fingerprint density at radius 1 is 1.14 bits per heavy atom. The van der Waals surface area contributed by atoms with Crippen molar-refractivity contribution in [3.63, 3.8) is 0 Å². The molecular weight excluding hydrogens is 256 g/mol. The van der Waals surface area contributed by atoms with E-state index in [0.717, 1.165) is 25.7 Å². The molecule has 1 N–H and O–H groups in total. The van der Waals surface area contributed by atoms with E-state index in [-0.39, 0.29) is 0 Å². The molecule has 0 spiro atoms. The SMILES string of the molecule is CCNC(CN(CC)C1CCCC1)c1ccc(C)c(C)c1. The van der Waals surface area contributed by atoms with Crippen molar-refractivity contribution in [3.8, 4) is 0 Å². The highest BCUT2D eigenvalue weighted by Crippen LogP contribution is 2.26. The molecule has 1 aliphatic rings. The van der Waals surface area contributed by atoms with Gasteiger partial charge < -0.3 is 5.32 Å². The Bertz CT molecular complexity index is 435. The molecule has 0 aliphatic heterocycles. The molecule has 2 nitrogen and oxygen atoms in total. The van der Waals surface area contributed by atoms with Crippen molar-refractivity contribution in [2.75, 3.05) is 19.6 Å². The number of hydrogen-bond acceptors (Lipinski definition) is 2. The zero-order valence-electron chi connectivity index (χ0n) is 14.3. The third kappa shape index (κ3) is 4.31. The van der Waals surface area contributed by atoms with Gasteiger partial charge >= 0.3 is 0 Å². The fraction of sp³-hybridized carbons (Fsp3) is 0.684. The summed E-state index contributed by atoms with van der Waals surface area (Å²) in [5.41, 5.74) is 4.23. The molecule has 1 fully saturated rings. The maximum absolute atomic E-state index is 3.69. The van der Waals surface area contributed by atoms with E-state index in [4.69, 9.17) is 0 Å². The van der Waals surface area contributed by atoms with Crippen molar-refractivity contribution in [3.05, 3.63) is 34.9 Å². The first-order valence-corrected chi connectivity index (χ1v) is 8.70. The van der Waals surface area contributed by atoms with E-state index >= 15 is 0 Å². The Kier molecular flexibility index (Phi) is 6.25. The van der Waals surface area contributed by atoms with Gasteiger partial charge in [0.15, 0.2) is 0 Å². The molecule has 0 radical (unpaired) electrons.